The predicted octanol–water partition coefficient (Wildman–Crippen LogP) is 7.22. The van der Waals surface area contributed by atoms with Crippen molar-refractivity contribution in [1.29, 1.82) is 0 Å². The summed E-state index contributed by atoms with van der Waals surface area (Å²) in [7, 11) is 1.64. The number of carbonyl (C=O) groups is 2. The zero-order chi connectivity index (χ0) is 27.2. The van der Waals surface area contributed by atoms with Crippen LogP contribution in [0.5, 0.6) is 5.75 Å². The highest BCUT2D eigenvalue weighted by atomic mass is 35.5. The number of thiazole rings is 1. The lowest BCUT2D eigenvalue weighted by molar-refractivity contribution is -0.132. The summed E-state index contributed by atoms with van der Waals surface area (Å²) in [5, 5.41) is 14.5. The van der Waals surface area contributed by atoms with Gasteiger partial charge < -0.3 is 14.6 Å². The van der Waals surface area contributed by atoms with Gasteiger partial charge in [0.1, 0.15) is 5.75 Å². The topological polar surface area (TPSA) is 97.8 Å². The van der Waals surface area contributed by atoms with Gasteiger partial charge in [0.2, 0.25) is 0 Å². The van der Waals surface area contributed by atoms with Crippen LogP contribution in [0.3, 0.4) is 0 Å². The summed E-state index contributed by atoms with van der Waals surface area (Å²) in [5.74, 6) is -0.00630. The summed E-state index contributed by atoms with van der Waals surface area (Å²) in [6, 6.07) is 8.85. The normalized spacial score (nSPS) is 13.4. The molecule has 0 radical (unpaired) electrons. The molecular weight excluding hydrogens is 547 g/mol. The number of carbonyl (C=O) groups excluding carboxylic acids is 1. The van der Waals surface area contributed by atoms with Crippen molar-refractivity contribution >= 4 is 57.6 Å². The number of benzene rings is 2. The van der Waals surface area contributed by atoms with Crippen LogP contribution in [0.4, 0.5) is 5.13 Å². The van der Waals surface area contributed by atoms with Crippen molar-refractivity contribution in [2.24, 2.45) is 5.92 Å². The van der Waals surface area contributed by atoms with Crippen LogP contribution in [-0.2, 0) is 16.0 Å². The van der Waals surface area contributed by atoms with Gasteiger partial charge in [-0.1, -0.05) is 35.3 Å². The number of hydrogen-bond donors (Lipinski definition) is 2. The van der Waals surface area contributed by atoms with E-state index in [2.05, 4.69) is 10.3 Å². The molecule has 1 aliphatic carbocycles. The molecule has 1 fully saturated rings. The Bertz CT molecular complexity index is 1340. The van der Waals surface area contributed by atoms with Gasteiger partial charge in [-0.3, -0.25) is 10.1 Å². The average molecular weight is 576 g/mol. The minimum atomic E-state index is -1.08. The molecule has 1 amide bonds. The van der Waals surface area contributed by atoms with Gasteiger partial charge in [-0.05, 0) is 68.4 Å². The van der Waals surface area contributed by atoms with Crippen molar-refractivity contribution in [3.63, 3.8) is 0 Å². The number of methoxy groups -OCH3 is 1. The van der Waals surface area contributed by atoms with Gasteiger partial charge in [0, 0.05) is 40.9 Å². The van der Waals surface area contributed by atoms with Crippen molar-refractivity contribution in [1.82, 2.24) is 4.98 Å². The summed E-state index contributed by atoms with van der Waals surface area (Å²) in [5.41, 5.74) is 3.25. The first kappa shape index (κ1) is 28.1. The Morgan fingerprint density at radius 3 is 2.63 bits per heavy atom. The largest absolute Gasteiger partial charge is 0.496 e. The Hall–Kier alpha value is -2.91. The van der Waals surface area contributed by atoms with Crippen LogP contribution in [0.25, 0.3) is 17.3 Å². The van der Waals surface area contributed by atoms with Gasteiger partial charge >= 0.3 is 5.97 Å². The second-order valence-electron chi connectivity index (χ2n) is 9.10. The summed E-state index contributed by atoms with van der Waals surface area (Å²) in [6.45, 7) is 3.01. The molecule has 0 unspecified atom stereocenters. The second kappa shape index (κ2) is 12.8. The SMILES string of the molecule is COc1c(CCCOCC2CC2)cccc1-c1csc(NC(=O)c2cc(Cl)c(C=C(C)C(=O)O)c(Cl)c2)n1. The minimum Gasteiger partial charge on any atom is -0.496 e. The molecule has 10 heteroatoms. The molecule has 4 rings (SSSR count). The van der Waals surface area contributed by atoms with Crippen LogP contribution in [-0.4, -0.2) is 42.3 Å². The highest BCUT2D eigenvalue weighted by Crippen LogP contribution is 2.36. The van der Waals surface area contributed by atoms with Crippen LogP contribution in [0.2, 0.25) is 10.0 Å². The number of rotatable bonds is 12. The third-order valence-electron chi connectivity index (χ3n) is 6.13. The molecule has 2 N–H and O–H groups in total. The molecule has 0 atom stereocenters. The fourth-order valence-corrected chi connectivity index (χ4v) is 5.18. The molecular formula is C28H28Cl2N2O5S. The number of nitrogens with zero attached hydrogens (tertiary/aromatic N) is 1. The maximum Gasteiger partial charge on any atom is 0.331 e. The van der Waals surface area contributed by atoms with E-state index in [9.17, 15) is 9.59 Å². The third kappa shape index (κ3) is 7.14. The number of halogens is 2. The Morgan fingerprint density at radius 2 is 1.97 bits per heavy atom. The Labute approximate surface area is 235 Å². The number of hydrogen-bond acceptors (Lipinski definition) is 6. The highest BCUT2D eigenvalue weighted by Gasteiger charge is 2.21. The van der Waals surface area contributed by atoms with E-state index >= 15 is 0 Å². The zero-order valence-electron chi connectivity index (χ0n) is 21.1. The van der Waals surface area contributed by atoms with Gasteiger partial charge in [0.05, 0.1) is 22.8 Å². The zero-order valence-corrected chi connectivity index (χ0v) is 23.4. The van der Waals surface area contributed by atoms with Crippen LogP contribution in [0.1, 0.15) is 47.7 Å². The number of aryl methyl sites for hydroxylation is 1. The number of para-hydroxylation sites is 1. The molecule has 2 aromatic carbocycles. The van der Waals surface area contributed by atoms with E-state index in [0.717, 1.165) is 48.8 Å². The number of carboxylic acids is 1. The summed E-state index contributed by atoms with van der Waals surface area (Å²) in [6.07, 6.45) is 5.66. The lowest BCUT2D eigenvalue weighted by atomic mass is 10.0. The summed E-state index contributed by atoms with van der Waals surface area (Å²) < 4.78 is 11.5. The number of nitrogens with one attached hydrogen (secondary N) is 1. The Morgan fingerprint density at radius 1 is 1.24 bits per heavy atom. The van der Waals surface area contributed by atoms with E-state index in [1.54, 1.807) is 7.11 Å². The summed E-state index contributed by atoms with van der Waals surface area (Å²) in [4.78, 5) is 28.6. The molecule has 1 saturated carbocycles. The van der Waals surface area contributed by atoms with Gasteiger partial charge in [-0.25, -0.2) is 9.78 Å². The van der Waals surface area contributed by atoms with Gasteiger partial charge in [-0.15, -0.1) is 11.3 Å². The van der Waals surface area contributed by atoms with Crippen molar-refractivity contribution in [3.8, 4) is 17.0 Å². The van der Waals surface area contributed by atoms with Gasteiger partial charge in [0.15, 0.2) is 5.13 Å². The molecule has 7 nitrogen and oxygen atoms in total. The number of aliphatic carboxylic acids is 1. The fourth-order valence-electron chi connectivity index (χ4n) is 3.88. The fraction of sp³-hybridized carbons (Fsp3) is 0.321. The lowest BCUT2D eigenvalue weighted by Crippen LogP contribution is -2.12. The molecule has 3 aromatic rings. The first-order valence-electron chi connectivity index (χ1n) is 12.2. The smallest absolute Gasteiger partial charge is 0.331 e. The van der Waals surface area contributed by atoms with Crippen LogP contribution >= 0.6 is 34.5 Å². The summed E-state index contributed by atoms with van der Waals surface area (Å²) >= 11 is 13.9. The average Bonchev–Trinajstić information content (AvgIpc) is 3.60. The van der Waals surface area contributed by atoms with E-state index in [-0.39, 0.29) is 21.2 Å². The molecule has 1 aliphatic rings. The second-order valence-corrected chi connectivity index (χ2v) is 10.8. The number of aromatic nitrogens is 1. The van der Waals surface area contributed by atoms with E-state index in [0.29, 0.717) is 16.4 Å². The number of anilines is 1. The molecule has 0 saturated heterocycles. The van der Waals surface area contributed by atoms with Crippen molar-refractivity contribution < 1.29 is 24.2 Å². The van der Waals surface area contributed by atoms with Crippen LogP contribution < -0.4 is 10.1 Å². The lowest BCUT2D eigenvalue weighted by Gasteiger charge is -2.12. The van der Waals surface area contributed by atoms with Crippen molar-refractivity contribution in [3.05, 3.63) is 68.0 Å². The van der Waals surface area contributed by atoms with E-state index in [4.69, 9.17) is 37.8 Å². The highest BCUT2D eigenvalue weighted by molar-refractivity contribution is 7.14. The van der Waals surface area contributed by atoms with Crippen LogP contribution in [0, 0.1) is 5.92 Å². The molecule has 200 valence electrons. The van der Waals surface area contributed by atoms with E-state index in [1.165, 1.54) is 49.3 Å². The molecule has 0 aliphatic heterocycles. The van der Waals surface area contributed by atoms with Gasteiger partial charge in [-0.2, -0.15) is 0 Å². The maximum atomic E-state index is 12.9. The van der Waals surface area contributed by atoms with Crippen molar-refractivity contribution in [2.75, 3.05) is 25.6 Å². The molecule has 38 heavy (non-hydrogen) atoms. The quantitative estimate of drug-likeness (QED) is 0.175. The maximum absolute atomic E-state index is 12.9. The molecule has 0 spiro atoms. The number of ether oxygens (including phenoxy) is 2. The molecule has 0 bridgehead atoms. The minimum absolute atomic E-state index is 0.0720. The molecule has 1 heterocycles. The van der Waals surface area contributed by atoms with E-state index < -0.39 is 11.9 Å². The monoisotopic (exact) mass is 574 g/mol. The molecule has 1 aromatic heterocycles. The first-order valence-corrected chi connectivity index (χ1v) is 13.8. The number of amides is 1. The first-order chi connectivity index (χ1) is 18.3. The van der Waals surface area contributed by atoms with Crippen molar-refractivity contribution in [2.45, 2.75) is 32.6 Å². The Balaban J connectivity index is 1.45. The van der Waals surface area contributed by atoms with Gasteiger partial charge in [0.25, 0.3) is 5.91 Å². The van der Waals surface area contributed by atoms with Crippen LogP contribution in [0.15, 0.2) is 41.3 Å². The Kier molecular flexibility index (Phi) is 9.44. The standard InChI is InChI=1S/C28H28Cl2N2O5S/c1-16(27(34)35)11-21-22(29)12-19(13-23(21)30)26(33)32-28-31-24(15-38-28)20-7-3-5-18(25(20)36-2)6-4-10-37-14-17-8-9-17/h3,5,7,11-13,15,17H,4,6,8-10,14H2,1-2H3,(H,34,35)(H,31,32,33). The number of carboxylic acid groups (broad SMARTS) is 1. The predicted molar refractivity (Wildman–Crippen MR) is 152 cm³/mol. The van der Waals surface area contributed by atoms with E-state index in [1.807, 2.05) is 23.6 Å². The third-order valence-corrected chi connectivity index (χ3v) is 7.51.